The van der Waals surface area contributed by atoms with E-state index in [-0.39, 0.29) is 11.9 Å². The van der Waals surface area contributed by atoms with Crippen LogP contribution in [-0.2, 0) is 16.1 Å². The molecule has 0 saturated heterocycles. The Hall–Kier alpha value is -1.85. The van der Waals surface area contributed by atoms with Gasteiger partial charge in [-0.2, -0.15) is 0 Å². The van der Waals surface area contributed by atoms with Crippen LogP contribution in [0.2, 0.25) is 0 Å². The molecule has 6 nitrogen and oxygen atoms in total. The van der Waals surface area contributed by atoms with Crippen LogP contribution in [0, 0.1) is 5.92 Å². The number of nitrogens with one attached hydrogen (secondary N) is 1. The highest BCUT2D eigenvalue weighted by molar-refractivity contribution is 5.78. The second-order valence-electron chi connectivity index (χ2n) is 4.95. The van der Waals surface area contributed by atoms with Gasteiger partial charge in [0.25, 0.3) is 0 Å². The molecule has 1 aromatic rings. The van der Waals surface area contributed by atoms with Crippen molar-refractivity contribution >= 4 is 11.9 Å². The number of aryl methyl sites for hydroxylation is 1. The maximum Gasteiger partial charge on any atom is 0.308 e. The van der Waals surface area contributed by atoms with Crippen molar-refractivity contribution in [3.05, 3.63) is 18.7 Å². The topological polar surface area (TPSA) is 84.2 Å². The molecule has 1 aromatic heterocycles. The minimum absolute atomic E-state index is 0.0909. The predicted molar refractivity (Wildman–Crippen MR) is 68.4 cm³/mol. The number of hydrogen-bond donors (Lipinski definition) is 2. The molecule has 0 bridgehead atoms. The van der Waals surface area contributed by atoms with Gasteiger partial charge in [-0.1, -0.05) is 12.8 Å². The van der Waals surface area contributed by atoms with E-state index in [1.165, 1.54) is 0 Å². The lowest BCUT2D eigenvalue weighted by Gasteiger charge is -2.29. The van der Waals surface area contributed by atoms with E-state index in [0.717, 1.165) is 19.3 Å². The van der Waals surface area contributed by atoms with Crippen LogP contribution < -0.4 is 5.32 Å². The van der Waals surface area contributed by atoms with Crippen molar-refractivity contribution in [1.82, 2.24) is 14.9 Å². The van der Waals surface area contributed by atoms with Gasteiger partial charge in [-0.3, -0.25) is 9.59 Å². The number of amides is 1. The summed E-state index contributed by atoms with van der Waals surface area (Å²) < 4.78 is 1.83. The summed E-state index contributed by atoms with van der Waals surface area (Å²) in [5, 5.41) is 12.0. The Morgan fingerprint density at radius 2 is 2.16 bits per heavy atom. The summed E-state index contributed by atoms with van der Waals surface area (Å²) in [7, 11) is 0. The molecule has 6 heteroatoms. The summed E-state index contributed by atoms with van der Waals surface area (Å²) in [4.78, 5) is 26.9. The van der Waals surface area contributed by atoms with Gasteiger partial charge in [0.15, 0.2) is 0 Å². The monoisotopic (exact) mass is 265 g/mol. The third-order valence-corrected chi connectivity index (χ3v) is 3.59. The fraction of sp³-hybridized carbons (Fsp3) is 0.615. The minimum Gasteiger partial charge on any atom is -0.481 e. The van der Waals surface area contributed by atoms with E-state index in [1.807, 2.05) is 4.57 Å². The molecular weight excluding hydrogens is 246 g/mol. The van der Waals surface area contributed by atoms with Crippen molar-refractivity contribution in [1.29, 1.82) is 0 Å². The molecule has 0 aromatic carbocycles. The van der Waals surface area contributed by atoms with Crippen molar-refractivity contribution in [3.8, 4) is 0 Å². The fourth-order valence-corrected chi connectivity index (χ4v) is 2.53. The predicted octanol–water partition coefficient (Wildman–Crippen LogP) is 1.03. The molecular formula is C13H19N3O3. The standard InChI is InChI=1S/C13H19N3O3/c17-12(5-7-16-8-6-14-9-16)15-11-4-2-1-3-10(11)13(18)19/h6,8-11H,1-5,7H2,(H,15,17)(H,18,19). The molecule has 1 fully saturated rings. The Balaban J connectivity index is 1.81. The van der Waals surface area contributed by atoms with Crippen LogP contribution in [0.5, 0.6) is 0 Å². The lowest BCUT2D eigenvalue weighted by Crippen LogP contribution is -2.45. The van der Waals surface area contributed by atoms with Crippen LogP contribution in [0.1, 0.15) is 32.1 Å². The van der Waals surface area contributed by atoms with E-state index >= 15 is 0 Å². The first kappa shape index (κ1) is 13.6. The number of hydrogen-bond acceptors (Lipinski definition) is 3. The van der Waals surface area contributed by atoms with Crippen LogP contribution >= 0.6 is 0 Å². The number of carboxylic acid groups (broad SMARTS) is 1. The van der Waals surface area contributed by atoms with Crippen LogP contribution in [0.3, 0.4) is 0 Å². The Bertz CT molecular complexity index is 430. The number of nitrogens with zero attached hydrogens (tertiary/aromatic N) is 2. The highest BCUT2D eigenvalue weighted by Crippen LogP contribution is 2.24. The zero-order valence-electron chi connectivity index (χ0n) is 10.8. The molecule has 104 valence electrons. The van der Waals surface area contributed by atoms with Gasteiger partial charge in [0, 0.05) is 31.4 Å². The molecule has 0 radical (unpaired) electrons. The van der Waals surface area contributed by atoms with Gasteiger partial charge < -0.3 is 15.0 Å². The fourth-order valence-electron chi connectivity index (χ4n) is 2.53. The molecule has 1 amide bonds. The Kier molecular flexibility index (Phi) is 4.54. The first-order valence-electron chi connectivity index (χ1n) is 6.64. The van der Waals surface area contributed by atoms with Gasteiger partial charge in [-0.25, -0.2) is 4.98 Å². The Labute approximate surface area is 111 Å². The highest BCUT2D eigenvalue weighted by atomic mass is 16.4. The smallest absolute Gasteiger partial charge is 0.308 e. The van der Waals surface area contributed by atoms with Gasteiger partial charge in [0.2, 0.25) is 5.91 Å². The number of carbonyl (C=O) groups excluding carboxylic acids is 1. The second-order valence-corrected chi connectivity index (χ2v) is 4.95. The van der Waals surface area contributed by atoms with E-state index in [2.05, 4.69) is 10.3 Å². The number of imidazole rings is 1. The van der Waals surface area contributed by atoms with Gasteiger partial charge in [-0.05, 0) is 12.8 Å². The average Bonchev–Trinajstić information content (AvgIpc) is 2.90. The lowest BCUT2D eigenvalue weighted by molar-refractivity contribution is -0.144. The molecule has 2 rings (SSSR count). The van der Waals surface area contributed by atoms with Crippen molar-refractivity contribution < 1.29 is 14.7 Å². The molecule has 1 saturated carbocycles. The van der Waals surface area contributed by atoms with Crippen molar-refractivity contribution in [2.45, 2.75) is 44.7 Å². The average molecular weight is 265 g/mol. The van der Waals surface area contributed by atoms with E-state index in [9.17, 15) is 9.59 Å². The van der Waals surface area contributed by atoms with Crippen LogP contribution in [-0.4, -0.2) is 32.6 Å². The van der Waals surface area contributed by atoms with Crippen LogP contribution in [0.4, 0.5) is 0 Å². The summed E-state index contributed by atoms with van der Waals surface area (Å²) in [5.41, 5.74) is 0. The van der Waals surface area contributed by atoms with Gasteiger partial charge in [0.1, 0.15) is 0 Å². The molecule has 0 spiro atoms. The minimum atomic E-state index is -0.806. The number of carbonyl (C=O) groups is 2. The molecule has 1 heterocycles. The maximum absolute atomic E-state index is 11.8. The van der Waals surface area contributed by atoms with Gasteiger partial charge in [0.05, 0.1) is 12.2 Å². The normalized spacial score (nSPS) is 22.9. The molecule has 2 N–H and O–H groups in total. The van der Waals surface area contributed by atoms with Crippen LogP contribution in [0.25, 0.3) is 0 Å². The quantitative estimate of drug-likeness (QED) is 0.833. The lowest BCUT2D eigenvalue weighted by atomic mass is 9.84. The summed E-state index contributed by atoms with van der Waals surface area (Å²) in [6.07, 6.45) is 8.80. The van der Waals surface area contributed by atoms with Crippen molar-refractivity contribution in [3.63, 3.8) is 0 Å². The zero-order chi connectivity index (χ0) is 13.7. The number of carboxylic acids is 1. The number of aromatic nitrogens is 2. The summed E-state index contributed by atoms with van der Waals surface area (Å²) in [6, 6.07) is -0.221. The Morgan fingerprint density at radius 3 is 2.84 bits per heavy atom. The molecule has 2 atom stereocenters. The maximum atomic E-state index is 11.8. The van der Waals surface area contributed by atoms with E-state index in [4.69, 9.17) is 5.11 Å². The number of aliphatic carboxylic acids is 1. The third-order valence-electron chi connectivity index (χ3n) is 3.59. The largest absolute Gasteiger partial charge is 0.481 e. The van der Waals surface area contributed by atoms with Gasteiger partial charge in [-0.15, -0.1) is 0 Å². The zero-order valence-corrected chi connectivity index (χ0v) is 10.8. The third kappa shape index (κ3) is 3.81. The first-order chi connectivity index (χ1) is 9.16. The highest BCUT2D eigenvalue weighted by Gasteiger charge is 2.31. The SMILES string of the molecule is O=C(CCn1ccnc1)NC1CCCCC1C(=O)O. The van der Waals surface area contributed by atoms with Crippen molar-refractivity contribution in [2.75, 3.05) is 0 Å². The number of rotatable bonds is 5. The molecule has 1 aliphatic rings. The van der Waals surface area contributed by atoms with Crippen molar-refractivity contribution in [2.24, 2.45) is 5.92 Å². The van der Waals surface area contributed by atoms with Crippen LogP contribution in [0.15, 0.2) is 18.7 Å². The molecule has 2 unspecified atom stereocenters. The summed E-state index contributed by atoms with van der Waals surface area (Å²) >= 11 is 0. The Morgan fingerprint density at radius 1 is 1.37 bits per heavy atom. The molecule has 0 aliphatic heterocycles. The van der Waals surface area contributed by atoms with Gasteiger partial charge >= 0.3 is 5.97 Å². The van der Waals surface area contributed by atoms with E-state index in [1.54, 1.807) is 18.7 Å². The summed E-state index contributed by atoms with van der Waals surface area (Å²) in [6.45, 7) is 0.566. The molecule has 19 heavy (non-hydrogen) atoms. The summed E-state index contributed by atoms with van der Waals surface area (Å²) in [5.74, 6) is -1.34. The first-order valence-corrected chi connectivity index (χ1v) is 6.64. The molecule has 1 aliphatic carbocycles. The second kappa shape index (κ2) is 6.36. The van der Waals surface area contributed by atoms with E-state index in [0.29, 0.717) is 19.4 Å². The van der Waals surface area contributed by atoms with E-state index < -0.39 is 11.9 Å².